The van der Waals surface area contributed by atoms with Gasteiger partial charge in [0.25, 0.3) is 0 Å². The molecule has 18 heteroatoms. The van der Waals surface area contributed by atoms with Crippen LogP contribution < -0.4 is 0 Å². The van der Waals surface area contributed by atoms with E-state index in [2.05, 4.69) is 9.47 Å². The van der Waals surface area contributed by atoms with Crippen molar-refractivity contribution in [1.29, 1.82) is 0 Å². The minimum absolute atomic E-state index is 0.409. The highest BCUT2D eigenvalue weighted by atomic mass is 19.4. The van der Waals surface area contributed by atoms with Gasteiger partial charge in [-0.25, -0.2) is 14.5 Å². The summed E-state index contributed by atoms with van der Waals surface area (Å²) in [5, 5.41) is 0. The van der Waals surface area contributed by atoms with Crippen LogP contribution in [0.4, 0.5) is 66.7 Å². The lowest BCUT2D eigenvalue weighted by Crippen LogP contribution is -2.70. The zero-order valence-corrected chi connectivity index (χ0v) is 14.7. The molecule has 0 bridgehead atoms. The first kappa shape index (κ1) is 26.9. The number of imide groups is 1. The zero-order chi connectivity index (χ0) is 24.8. The Labute approximate surface area is 163 Å². The number of hydrogen-bond donors (Lipinski definition) is 0. The molecule has 2 amide bonds. The monoisotopic (exact) mass is 491 g/mol. The molecule has 0 spiro atoms. The first-order valence-corrected chi connectivity index (χ1v) is 7.68. The highest BCUT2D eigenvalue weighted by molar-refractivity contribution is 5.89. The summed E-state index contributed by atoms with van der Waals surface area (Å²) in [5.41, 5.74) is 0. The van der Waals surface area contributed by atoms with Gasteiger partial charge < -0.3 is 9.47 Å². The van der Waals surface area contributed by atoms with Crippen LogP contribution in [0.1, 0.15) is 13.3 Å². The molecular weight excluding hydrogens is 481 g/mol. The van der Waals surface area contributed by atoms with Crippen LogP contribution in [0.2, 0.25) is 0 Å². The number of hydrogen-bond acceptors (Lipinski definition) is 4. The van der Waals surface area contributed by atoms with E-state index in [0.717, 1.165) is 6.92 Å². The van der Waals surface area contributed by atoms with Crippen LogP contribution in [-0.2, 0) is 9.47 Å². The van der Waals surface area contributed by atoms with Crippen LogP contribution >= 0.6 is 0 Å². The molecule has 182 valence electrons. The molecule has 5 nitrogen and oxygen atoms in total. The molecule has 0 N–H and O–H groups in total. The van der Waals surface area contributed by atoms with Crippen LogP contribution in [0.15, 0.2) is 0 Å². The van der Waals surface area contributed by atoms with Gasteiger partial charge in [-0.15, -0.1) is 0 Å². The van der Waals surface area contributed by atoms with Crippen LogP contribution in [0.25, 0.3) is 0 Å². The highest BCUT2D eigenvalue weighted by Crippen LogP contribution is 2.60. The molecule has 1 heterocycles. The molecule has 31 heavy (non-hydrogen) atoms. The fourth-order valence-electron chi connectivity index (χ4n) is 2.25. The Bertz CT molecular complexity index is 706. The summed E-state index contributed by atoms with van der Waals surface area (Å²) in [6.07, 6.45) is -13.9. The zero-order valence-electron chi connectivity index (χ0n) is 14.7. The minimum atomic E-state index is -8.03. The molecule has 1 saturated heterocycles. The van der Waals surface area contributed by atoms with E-state index < -0.39 is 78.6 Å². The number of cyclic esters (lactones) is 1. The first-order valence-electron chi connectivity index (χ1n) is 7.68. The van der Waals surface area contributed by atoms with E-state index in [0.29, 0.717) is 0 Å². The second-order valence-corrected chi connectivity index (χ2v) is 6.00. The summed E-state index contributed by atoms with van der Waals surface area (Å²) in [5.74, 6) is -37.8. The molecule has 1 rings (SSSR count). The Morgan fingerprint density at radius 2 is 1.35 bits per heavy atom. The van der Waals surface area contributed by atoms with Crippen LogP contribution in [0, 0.1) is 0 Å². The molecule has 0 aromatic carbocycles. The fraction of sp³-hybridized carbons (Fsp3) is 0.846. The lowest BCUT2D eigenvalue weighted by Gasteiger charge is -2.40. The average Bonchev–Trinajstić information content (AvgIpc) is 2.93. The Hall–Kier alpha value is -2.17. The van der Waals surface area contributed by atoms with Crippen LogP contribution in [0.3, 0.4) is 0 Å². The lowest BCUT2D eigenvalue weighted by molar-refractivity contribution is -0.440. The Morgan fingerprint density at radius 1 is 0.903 bits per heavy atom. The SMILES string of the molecule is CCOC(=O)N1C(=O)OCC1CC(F)(F)C(F)(F)C(F)(F)C(F)(F)C(F)(F)C(F)(F)F. The second kappa shape index (κ2) is 7.75. The maximum atomic E-state index is 13.9. The Kier molecular flexibility index (Phi) is 6.72. The number of nitrogens with zero attached hydrogens (tertiary/aromatic N) is 1. The summed E-state index contributed by atoms with van der Waals surface area (Å²) in [6, 6.07) is -2.54. The molecule has 0 saturated carbocycles. The van der Waals surface area contributed by atoms with E-state index in [1.54, 1.807) is 0 Å². The topological polar surface area (TPSA) is 55.8 Å². The number of ether oxygens (including phenoxy) is 2. The molecule has 0 aliphatic carbocycles. The molecule has 1 aliphatic rings. The second-order valence-electron chi connectivity index (χ2n) is 6.00. The van der Waals surface area contributed by atoms with Gasteiger partial charge in [0.05, 0.1) is 12.6 Å². The Morgan fingerprint density at radius 3 is 1.77 bits per heavy atom. The smallest absolute Gasteiger partial charge is 0.449 e. The van der Waals surface area contributed by atoms with Crippen molar-refractivity contribution in [2.45, 2.75) is 55.2 Å². The van der Waals surface area contributed by atoms with Crippen molar-refractivity contribution in [2.75, 3.05) is 13.2 Å². The molecule has 1 aliphatic heterocycles. The van der Waals surface area contributed by atoms with Crippen molar-refractivity contribution < 1.29 is 76.1 Å². The molecular formula is C13H10F13NO4. The number of carbonyl (C=O) groups is 2. The van der Waals surface area contributed by atoms with Crippen LogP contribution in [0.5, 0.6) is 0 Å². The molecule has 1 fully saturated rings. The van der Waals surface area contributed by atoms with Gasteiger partial charge in [-0.3, -0.25) is 0 Å². The van der Waals surface area contributed by atoms with Crippen molar-refractivity contribution in [1.82, 2.24) is 4.90 Å². The predicted octanol–water partition coefficient (Wildman–Crippen LogP) is 5.09. The van der Waals surface area contributed by atoms with E-state index in [9.17, 15) is 66.7 Å². The predicted molar refractivity (Wildman–Crippen MR) is 69.4 cm³/mol. The summed E-state index contributed by atoms with van der Waals surface area (Å²) < 4.78 is 178. The maximum Gasteiger partial charge on any atom is 0.460 e. The van der Waals surface area contributed by atoms with Gasteiger partial charge in [-0.2, -0.15) is 57.1 Å². The third-order valence-electron chi connectivity index (χ3n) is 3.92. The summed E-state index contributed by atoms with van der Waals surface area (Å²) in [4.78, 5) is 22.4. The number of halogens is 13. The summed E-state index contributed by atoms with van der Waals surface area (Å²) >= 11 is 0. The highest BCUT2D eigenvalue weighted by Gasteiger charge is 2.90. The van der Waals surface area contributed by atoms with Crippen molar-refractivity contribution >= 4 is 12.2 Å². The fourth-order valence-corrected chi connectivity index (χ4v) is 2.25. The van der Waals surface area contributed by atoms with E-state index >= 15 is 0 Å². The number of rotatable bonds is 7. The van der Waals surface area contributed by atoms with Gasteiger partial charge in [0.1, 0.15) is 6.61 Å². The quantitative estimate of drug-likeness (QED) is 0.466. The number of amides is 2. The van der Waals surface area contributed by atoms with Crippen molar-refractivity contribution in [3.8, 4) is 0 Å². The van der Waals surface area contributed by atoms with Crippen LogP contribution in [-0.4, -0.2) is 72.1 Å². The molecule has 1 atom stereocenters. The van der Waals surface area contributed by atoms with Gasteiger partial charge in [-0.1, -0.05) is 0 Å². The van der Waals surface area contributed by atoms with Crippen molar-refractivity contribution in [2.24, 2.45) is 0 Å². The Balaban J connectivity index is 3.34. The van der Waals surface area contributed by atoms with E-state index in [1.807, 2.05) is 0 Å². The van der Waals surface area contributed by atoms with E-state index in [1.165, 1.54) is 0 Å². The maximum absolute atomic E-state index is 13.9. The van der Waals surface area contributed by atoms with Gasteiger partial charge >= 0.3 is 48.0 Å². The standard InChI is InChI=1S/C13H10F13NO4/c1-2-30-6(28)27-5(4-31-7(27)29)3-8(14,15)9(16,17)10(18,19)11(20,21)12(22,23)13(24,25)26/h5H,2-4H2,1H3. The molecule has 0 radical (unpaired) electrons. The van der Waals surface area contributed by atoms with Crippen molar-refractivity contribution in [3.63, 3.8) is 0 Å². The van der Waals surface area contributed by atoms with E-state index in [4.69, 9.17) is 0 Å². The van der Waals surface area contributed by atoms with E-state index in [-0.39, 0.29) is 0 Å². The number of carbonyl (C=O) groups excluding carboxylic acids is 2. The third-order valence-corrected chi connectivity index (χ3v) is 3.92. The number of alkyl halides is 13. The lowest BCUT2D eigenvalue weighted by atomic mass is 9.91. The van der Waals surface area contributed by atoms with Crippen molar-refractivity contribution in [3.05, 3.63) is 0 Å². The molecule has 1 unspecified atom stereocenters. The normalized spacial score (nSPS) is 19.5. The summed E-state index contributed by atoms with van der Waals surface area (Å²) in [6.45, 7) is -0.747. The summed E-state index contributed by atoms with van der Waals surface area (Å²) in [7, 11) is 0. The van der Waals surface area contributed by atoms with Gasteiger partial charge in [0, 0.05) is 6.42 Å². The average molecular weight is 491 g/mol. The molecule has 0 aromatic heterocycles. The van der Waals surface area contributed by atoms with Gasteiger partial charge in [-0.05, 0) is 6.92 Å². The van der Waals surface area contributed by atoms with Gasteiger partial charge in [0.2, 0.25) is 0 Å². The third kappa shape index (κ3) is 4.04. The largest absolute Gasteiger partial charge is 0.460 e. The van der Waals surface area contributed by atoms with Gasteiger partial charge in [0.15, 0.2) is 0 Å². The molecule has 0 aromatic rings. The first-order chi connectivity index (χ1) is 13.6. The minimum Gasteiger partial charge on any atom is -0.449 e.